The molecule has 1 rings (SSSR count). The van der Waals surface area contributed by atoms with Crippen LogP contribution in [-0.4, -0.2) is 43.9 Å². The quantitative estimate of drug-likeness (QED) is 0.781. The lowest BCUT2D eigenvalue weighted by atomic mass is 10.2. The van der Waals surface area contributed by atoms with Crippen LogP contribution in [0, 0.1) is 0 Å². The van der Waals surface area contributed by atoms with Gasteiger partial charge in [0.15, 0.2) is 11.5 Å². The third-order valence-electron chi connectivity index (χ3n) is 2.52. The Kier molecular flexibility index (Phi) is 9.49. The van der Waals surface area contributed by atoms with Crippen LogP contribution >= 0.6 is 11.6 Å². The third-order valence-corrected chi connectivity index (χ3v) is 2.75. The Morgan fingerprint density at radius 1 is 1.22 bits per heavy atom. The Bertz CT molecular complexity index is 486. The van der Waals surface area contributed by atoms with Crippen molar-refractivity contribution in [3.05, 3.63) is 23.2 Å². The van der Waals surface area contributed by atoms with E-state index in [0.717, 1.165) is 0 Å². The normalized spacial score (nSPS) is 10.3. The van der Waals surface area contributed by atoms with Crippen LogP contribution in [-0.2, 0) is 4.74 Å². The first kappa shape index (κ1) is 21.4. The zero-order valence-corrected chi connectivity index (χ0v) is 15.9. The van der Waals surface area contributed by atoms with Crippen molar-refractivity contribution in [3.8, 4) is 11.5 Å². The lowest BCUT2D eigenvalue weighted by molar-refractivity contribution is 0.0278. The average Bonchev–Trinajstić information content (AvgIpc) is 2.48. The van der Waals surface area contributed by atoms with Crippen molar-refractivity contribution < 1.29 is 19.0 Å². The molecule has 0 radical (unpaired) electrons. The molecule has 0 aliphatic carbocycles. The number of carbonyl (C=O) groups excluding carboxylic acids is 1. The van der Waals surface area contributed by atoms with E-state index in [4.69, 9.17) is 25.8 Å². The van der Waals surface area contributed by atoms with Crippen molar-refractivity contribution >= 4 is 17.7 Å². The van der Waals surface area contributed by atoms with Gasteiger partial charge in [-0.2, -0.15) is 0 Å². The van der Waals surface area contributed by atoms with E-state index in [0.29, 0.717) is 29.7 Å². The number of amides is 1. The lowest BCUT2D eigenvalue weighted by Crippen LogP contribution is -2.36. The Morgan fingerprint density at radius 3 is 2.35 bits per heavy atom. The predicted octanol–water partition coefficient (Wildman–Crippen LogP) is 4.62. The van der Waals surface area contributed by atoms with E-state index in [-0.39, 0.29) is 6.09 Å². The first-order valence-electron chi connectivity index (χ1n) is 7.63. The molecule has 1 aromatic rings. The summed E-state index contributed by atoms with van der Waals surface area (Å²) in [4.78, 5) is 13.2. The van der Waals surface area contributed by atoms with Crippen molar-refractivity contribution in [2.24, 2.45) is 0 Å². The first-order chi connectivity index (χ1) is 10.7. The minimum atomic E-state index is -0.508. The van der Waals surface area contributed by atoms with E-state index in [1.165, 1.54) is 4.90 Å². The molecule has 0 heterocycles. The van der Waals surface area contributed by atoms with E-state index in [9.17, 15) is 4.79 Å². The highest BCUT2D eigenvalue weighted by atomic mass is 35.5. The molecule has 1 amide bonds. The van der Waals surface area contributed by atoms with Gasteiger partial charge in [0.25, 0.3) is 0 Å². The topological polar surface area (TPSA) is 48.0 Å². The molecule has 0 aliphatic heterocycles. The second kappa shape index (κ2) is 10.2. The van der Waals surface area contributed by atoms with Gasteiger partial charge < -0.3 is 19.1 Å². The van der Waals surface area contributed by atoms with Crippen molar-refractivity contribution in [1.82, 2.24) is 4.90 Å². The molecule has 23 heavy (non-hydrogen) atoms. The molecule has 0 fully saturated rings. The Morgan fingerprint density at radius 2 is 1.83 bits per heavy atom. The SMILES string of the molecule is CC.COc1cc(Cl)ccc1OCCN(C)C(=O)OC(C)(C)C. The molecule has 0 atom stereocenters. The summed E-state index contributed by atoms with van der Waals surface area (Å²) in [5.74, 6) is 1.14. The number of rotatable bonds is 5. The zero-order valence-electron chi connectivity index (χ0n) is 15.1. The lowest BCUT2D eigenvalue weighted by Gasteiger charge is -2.24. The predicted molar refractivity (Wildman–Crippen MR) is 93.7 cm³/mol. The summed E-state index contributed by atoms with van der Waals surface area (Å²) in [7, 11) is 3.21. The minimum Gasteiger partial charge on any atom is -0.493 e. The fourth-order valence-corrected chi connectivity index (χ4v) is 1.65. The number of methoxy groups -OCH3 is 1. The maximum Gasteiger partial charge on any atom is 0.410 e. The van der Waals surface area contributed by atoms with Crippen LogP contribution in [0.25, 0.3) is 0 Å². The van der Waals surface area contributed by atoms with E-state index in [2.05, 4.69) is 0 Å². The molecule has 0 unspecified atom stereocenters. The van der Waals surface area contributed by atoms with Gasteiger partial charge in [-0.1, -0.05) is 25.4 Å². The Balaban J connectivity index is 0.00000232. The fourth-order valence-electron chi connectivity index (χ4n) is 1.48. The molecule has 0 aromatic heterocycles. The summed E-state index contributed by atoms with van der Waals surface area (Å²) in [5.41, 5.74) is -0.508. The molecule has 0 saturated carbocycles. The van der Waals surface area contributed by atoms with Gasteiger partial charge in [-0.3, -0.25) is 0 Å². The number of hydrogen-bond acceptors (Lipinski definition) is 4. The summed E-state index contributed by atoms with van der Waals surface area (Å²) >= 11 is 5.88. The summed E-state index contributed by atoms with van der Waals surface area (Å²) in [6.07, 6.45) is -0.380. The van der Waals surface area contributed by atoms with Crippen molar-refractivity contribution in [2.45, 2.75) is 40.2 Å². The Labute approximate surface area is 144 Å². The van der Waals surface area contributed by atoms with Crippen LogP contribution in [0.2, 0.25) is 5.02 Å². The van der Waals surface area contributed by atoms with Gasteiger partial charge >= 0.3 is 6.09 Å². The van der Waals surface area contributed by atoms with E-state index < -0.39 is 5.60 Å². The number of carbonyl (C=O) groups is 1. The van der Waals surface area contributed by atoms with E-state index in [1.807, 2.05) is 34.6 Å². The van der Waals surface area contributed by atoms with Gasteiger partial charge in [-0.05, 0) is 32.9 Å². The number of likely N-dealkylation sites (N-methyl/N-ethyl adjacent to an activating group) is 1. The van der Waals surface area contributed by atoms with Gasteiger partial charge in [0.05, 0.1) is 13.7 Å². The highest BCUT2D eigenvalue weighted by molar-refractivity contribution is 6.30. The van der Waals surface area contributed by atoms with E-state index >= 15 is 0 Å². The molecule has 0 bridgehead atoms. The molecule has 0 spiro atoms. The molecule has 0 aliphatic rings. The van der Waals surface area contributed by atoms with Crippen molar-refractivity contribution in [1.29, 1.82) is 0 Å². The molecule has 6 heteroatoms. The molecule has 0 N–H and O–H groups in total. The standard InChI is InChI=1S/C15H22ClNO4.C2H6/c1-15(2,3)21-14(18)17(4)8-9-20-12-7-6-11(16)10-13(12)19-5;1-2/h6-7,10H,8-9H2,1-5H3;1-2H3. The molecule has 0 saturated heterocycles. The maximum atomic E-state index is 11.8. The van der Waals surface area contributed by atoms with Gasteiger partial charge in [-0.25, -0.2) is 4.79 Å². The molecular weight excluding hydrogens is 318 g/mol. The third kappa shape index (κ3) is 8.55. The van der Waals surface area contributed by atoms with Crippen LogP contribution < -0.4 is 9.47 Å². The van der Waals surface area contributed by atoms with Gasteiger partial charge in [0.1, 0.15) is 12.2 Å². The molecule has 1 aromatic carbocycles. The molecular formula is C17H28ClNO4. The summed E-state index contributed by atoms with van der Waals surface area (Å²) in [5, 5.41) is 0.574. The summed E-state index contributed by atoms with van der Waals surface area (Å²) in [6.45, 7) is 10.2. The van der Waals surface area contributed by atoms with Crippen LogP contribution in [0.3, 0.4) is 0 Å². The number of nitrogens with zero attached hydrogens (tertiary/aromatic N) is 1. The minimum absolute atomic E-state index is 0.327. The monoisotopic (exact) mass is 345 g/mol. The van der Waals surface area contributed by atoms with Crippen molar-refractivity contribution in [2.75, 3.05) is 27.3 Å². The van der Waals surface area contributed by atoms with Gasteiger partial charge in [0.2, 0.25) is 0 Å². The van der Waals surface area contributed by atoms with Crippen LogP contribution in [0.4, 0.5) is 4.79 Å². The number of ether oxygens (including phenoxy) is 3. The maximum absolute atomic E-state index is 11.8. The second-order valence-electron chi connectivity index (χ2n) is 5.55. The number of benzene rings is 1. The van der Waals surface area contributed by atoms with Crippen LogP contribution in [0.5, 0.6) is 11.5 Å². The van der Waals surface area contributed by atoms with Gasteiger partial charge in [-0.15, -0.1) is 0 Å². The first-order valence-corrected chi connectivity index (χ1v) is 8.01. The van der Waals surface area contributed by atoms with Crippen molar-refractivity contribution in [3.63, 3.8) is 0 Å². The van der Waals surface area contributed by atoms with Crippen LogP contribution in [0.15, 0.2) is 18.2 Å². The molecule has 5 nitrogen and oxygen atoms in total. The fraction of sp³-hybridized carbons (Fsp3) is 0.588. The van der Waals surface area contributed by atoms with Gasteiger partial charge in [0, 0.05) is 18.1 Å². The van der Waals surface area contributed by atoms with Crippen LogP contribution in [0.1, 0.15) is 34.6 Å². The smallest absolute Gasteiger partial charge is 0.410 e. The second-order valence-corrected chi connectivity index (χ2v) is 5.98. The largest absolute Gasteiger partial charge is 0.493 e. The molecule has 132 valence electrons. The summed E-state index contributed by atoms with van der Waals surface area (Å²) in [6, 6.07) is 5.13. The highest BCUT2D eigenvalue weighted by Gasteiger charge is 2.19. The number of hydrogen-bond donors (Lipinski definition) is 0. The highest BCUT2D eigenvalue weighted by Crippen LogP contribution is 2.29. The summed E-state index contributed by atoms with van der Waals surface area (Å²) < 4.78 is 16.0. The number of halogens is 1. The Hall–Kier alpha value is -1.62. The van der Waals surface area contributed by atoms with E-state index in [1.54, 1.807) is 32.4 Å². The zero-order chi connectivity index (χ0) is 18.0. The average molecular weight is 346 g/mol.